The molecular formula is C13H27N3O. The Morgan fingerprint density at radius 1 is 1.29 bits per heavy atom. The molecule has 0 aliphatic carbocycles. The number of likely N-dealkylation sites (tertiary alicyclic amines) is 1. The monoisotopic (exact) mass is 241 g/mol. The standard InChI is InChI=1S/C13H27N3O/c1-5-8-14-11-6-9-16(10-7-11)12(17)15-13(2,3)4/h11,14H,5-10H2,1-4H3,(H,15,17). The van der Waals surface area contributed by atoms with Crippen molar-refractivity contribution in [2.75, 3.05) is 19.6 Å². The highest BCUT2D eigenvalue weighted by Crippen LogP contribution is 2.11. The first kappa shape index (κ1) is 14.3. The molecule has 0 bridgehead atoms. The van der Waals surface area contributed by atoms with Crippen LogP contribution in [0, 0.1) is 0 Å². The molecular weight excluding hydrogens is 214 g/mol. The maximum atomic E-state index is 11.9. The normalized spacial score (nSPS) is 18.2. The molecule has 0 spiro atoms. The zero-order chi connectivity index (χ0) is 12.9. The van der Waals surface area contributed by atoms with Crippen LogP contribution in [0.15, 0.2) is 0 Å². The molecule has 0 unspecified atom stereocenters. The third kappa shape index (κ3) is 5.39. The number of carbonyl (C=O) groups is 1. The van der Waals surface area contributed by atoms with Crippen LogP contribution in [0.4, 0.5) is 4.79 Å². The Morgan fingerprint density at radius 2 is 1.88 bits per heavy atom. The minimum Gasteiger partial charge on any atom is -0.333 e. The van der Waals surface area contributed by atoms with Gasteiger partial charge in [-0.2, -0.15) is 0 Å². The number of piperidine rings is 1. The van der Waals surface area contributed by atoms with Gasteiger partial charge in [0, 0.05) is 24.7 Å². The molecule has 0 saturated carbocycles. The molecule has 0 aromatic carbocycles. The van der Waals surface area contributed by atoms with Gasteiger partial charge in [-0.25, -0.2) is 4.79 Å². The van der Waals surface area contributed by atoms with Crippen LogP contribution in [0.3, 0.4) is 0 Å². The van der Waals surface area contributed by atoms with Crippen molar-refractivity contribution >= 4 is 6.03 Å². The topological polar surface area (TPSA) is 44.4 Å². The molecule has 1 heterocycles. The first-order chi connectivity index (χ1) is 7.92. The van der Waals surface area contributed by atoms with Gasteiger partial charge < -0.3 is 15.5 Å². The quantitative estimate of drug-likeness (QED) is 0.793. The van der Waals surface area contributed by atoms with Crippen LogP contribution < -0.4 is 10.6 Å². The Labute approximate surface area is 105 Å². The van der Waals surface area contributed by atoms with Gasteiger partial charge >= 0.3 is 6.03 Å². The summed E-state index contributed by atoms with van der Waals surface area (Å²) < 4.78 is 0. The van der Waals surface area contributed by atoms with E-state index in [9.17, 15) is 4.79 Å². The van der Waals surface area contributed by atoms with Crippen molar-refractivity contribution in [3.8, 4) is 0 Å². The van der Waals surface area contributed by atoms with Crippen LogP contribution in [0.1, 0.15) is 47.0 Å². The van der Waals surface area contributed by atoms with Crippen LogP contribution in [0.25, 0.3) is 0 Å². The Bertz CT molecular complexity index is 240. The van der Waals surface area contributed by atoms with E-state index >= 15 is 0 Å². The summed E-state index contributed by atoms with van der Waals surface area (Å²) in [5.41, 5.74) is -0.144. The van der Waals surface area contributed by atoms with E-state index in [4.69, 9.17) is 0 Å². The highest BCUT2D eigenvalue weighted by molar-refractivity contribution is 5.75. The lowest BCUT2D eigenvalue weighted by atomic mass is 10.0. The largest absolute Gasteiger partial charge is 0.333 e. The zero-order valence-electron chi connectivity index (χ0n) is 11.7. The molecule has 1 fully saturated rings. The van der Waals surface area contributed by atoms with Gasteiger partial charge in [0.05, 0.1) is 0 Å². The van der Waals surface area contributed by atoms with Crippen molar-refractivity contribution in [1.29, 1.82) is 0 Å². The number of urea groups is 1. The van der Waals surface area contributed by atoms with E-state index in [0.717, 1.165) is 32.5 Å². The van der Waals surface area contributed by atoms with E-state index in [0.29, 0.717) is 6.04 Å². The van der Waals surface area contributed by atoms with Gasteiger partial charge in [0.1, 0.15) is 0 Å². The maximum Gasteiger partial charge on any atom is 0.317 e. The summed E-state index contributed by atoms with van der Waals surface area (Å²) in [6, 6.07) is 0.667. The third-order valence-corrected chi connectivity index (χ3v) is 2.95. The maximum absolute atomic E-state index is 11.9. The molecule has 0 radical (unpaired) electrons. The molecule has 1 aliphatic heterocycles. The van der Waals surface area contributed by atoms with Crippen LogP contribution in [0.5, 0.6) is 0 Å². The summed E-state index contributed by atoms with van der Waals surface area (Å²) in [6.07, 6.45) is 3.31. The number of hydrogen-bond donors (Lipinski definition) is 2. The van der Waals surface area contributed by atoms with Crippen molar-refractivity contribution < 1.29 is 4.79 Å². The lowest BCUT2D eigenvalue weighted by molar-refractivity contribution is 0.169. The van der Waals surface area contributed by atoms with E-state index < -0.39 is 0 Å². The Balaban J connectivity index is 2.29. The molecule has 1 rings (SSSR count). The number of nitrogens with one attached hydrogen (secondary N) is 2. The predicted molar refractivity (Wildman–Crippen MR) is 71.2 cm³/mol. The van der Waals surface area contributed by atoms with Crippen LogP contribution in [-0.2, 0) is 0 Å². The number of hydrogen-bond acceptors (Lipinski definition) is 2. The van der Waals surface area contributed by atoms with Gasteiger partial charge in [0.2, 0.25) is 0 Å². The molecule has 0 atom stereocenters. The molecule has 4 heteroatoms. The Morgan fingerprint density at radius 3 is 2.35 bits per heavy atom. The molecule has 4 nitrogen and oxygen atoms in total. The molecule has 2 N–H and O–H groups in total. The van der Waals surface area contributed by atoms with E-state index in [1.54, 1.807) is 0 Å². The van der Waals surface area contributed by atoms with E-state index in [1.165, 1.54) is 6.42 Å². The number of rotatable bonds is 3. The molecule has 0 aromatic heterocycles. The van der Waals surface area contributed by atoms with Crippen molar-refractivity contribution in [3.05, 3.63) is 0 Å². The minimum atomic E-state index is -0.144. The second-order valence-corrected chi connectivity index (χ2v) is 5.90. The van der Waals surface area contributed by atoms with Crippen LogP contribution >= 0.6 is 0 Å². The fraction of sp³-hybridized carbons (Fsp3) is 0.923. The summed E-state index contributed by atoms with van der Waals surface area (Å²) >= 11 is 0. The average Bonchev–Trinajstić information content (AvgIpc) is 2.24. The van der Waals surface area contributed by atoms with Crippen molar-refractivity contribution in [2.45, 2.75) is 58.5 Å². The molecule has 100 valence electrons. The minimum absolute atomic E-state index is 0.0754. The Hall–Kier alpha value is -0.770. The zero-order valence-corrected chi connectivity index (χ0v) is 11.7. The first-order valence-electron chi connectivity index (χ1n) is 6.73. The molecule has 17 heavy (non-hydrogen) atoms. The van der Waals surface area contributed by atoms with Crippen LogP contribution in [-0.4, -0.2) is 42.1 Å². The summed E-state index contributed by atoms with van der Waals surface area (Å²) in [7, 11) is 0. The lowest BCUT2D eigenvalue weighted by Crippen LogP contribution is -2.52. The molecule has 1 aliphatic rings. The second kappa shape index (κ2) is 6.24. The van der Waals surface area contributed by atoms with Gasteiger partial charge in [-0.3, -0.25) is 0 Å². The lowest BCUT2D eigenvalue weighted by Gasteiger charge is -2.34. The number of carbonyl (C=O) groups excluding carboxylic acids is 1. The van der Waals surface area contributed by atoms with Crippen molar-refractivity contribution in [1.82, 2.24) is 15.5 Å². The van der Waals surface area contributed by atoms with E-state index in [1.807, 2.05) is 25.7 Å². The Kier molecular flexibility index (Phi) is 5.25. The van der Waals surface area contributed by atoms with Crippen molar-refractivity contribution in [3.63, 3.8) is 0 Å². The van der Waals surface area contributed by atoms with Gasteiger partial charge in [-0.05, 0) is 46.6 Å². The number of amides is 2. The smallest absolute Gasteiger partial charge is 0.317 e. The molecule has 1 saturated heterocycles. The van der Waals surface area contributed by atoms with Gasteiger partial charge in [-0.1, -0.05) is 6.92 Å². The second-order valence-electron chi connectivity index (χ2n) is 5.90. The fourth-order valence-electron chi connectivity index (χ4n) is 2.04. The van der Waals surface area contributed by atoms with Gasteiger partial charge in [-0.15, -0.1) is 0 Å². The number of nitrogens with zero attached hydrogens (tertiary/aromatic N) is 1. The summed E-state index contributed by atoms with van der Waals surface area (Å²) in [5.74, 6) is 0. The highest BCUT2D eigenvalue weighted by atomic mass is 16.2. The summed E-state index contributed by atoms with van der Waals surface area (Å²) in [5, 5.41) is 6.53. The molecule has 2 amide bonds. The van der Waals surface area contributed by atoms with E-state index in [-0.39, 0.29) is 11.6 Å². The summed E-state index contributed by atoms with van der Waals surface area (Å²) in [6.45, 7) is 11.0. The fourth-order valence-corrected chi connectivity index (χ4v) is 2.04. The average molecular weight is 241 g/mol. The van der Waals surface area contributed by atoms with Gasteiger partial charge in [0.15, 0.2) is 0 Å². The SMILES string of the molecule is CCCNC1CCN(C(=O)NC(C)(C)C)CC1. The predicted octanol–water partition coefficient (Wildman–Crippen LogP) is 1.96. The first-order valence-corrected chi connectivity index (χ1v) is 6.73. The highest BCUT2D eigenvalue weighted by Gasteiger charge is 2.24. The van der Waals surface area contributed by atoms with Crippen LogP contribution in [0.2, 0.25) is 0 Å². The van der Waals surface area contributed by atoms with Crippen molar-refractivity contribution in [2.24, 2.45) is 0 Å². The molecule has 0 aromatic rings. The summed E-state index contributed by atoms with van der Waals surface area (Å²) in [4.78, 5) is 13.9. The van der Waals surface area contributed by atoms with Gasteiger partial charge in [0.25, 0.3) is 0 Å². The van der Waals surface area contributed by atoms with E-state index in [2.05, 4.69) is 17.6 Å². The third-order valence-electron chi connectivity index (χ3n) is 2.95.